The number of sulfonamides is 1. The summed E-state index contributed by atoms with van der Waals surface area (Å²) in [6.45, 7) is 6.34. The zero-order valence-corrected chi connectivity index (χ0v) is 14.9. The number of hydrogen-bond acceptors (Lipinski definition) is 4. The number of hydrogen-bond donors (Lipinski definition) is 0. The van der Waals surface area contributed by atoms with Crippen molar-refractivity contribution in [2.45, 2.75) is 44.6 Å². The number of nitrogens with zero attached hydrogens (tertiary/aromatic N) is 2. The number of oxazole rings is 1. The second kappa shape index (κ2) is 5.92. The predicted octanol–water partition coefficient (Wildman–Crippen LogP) is 3.51. The van der Waals surface area contributed by atoms with Gasteiger partial charge in [0.25, 0.3) is 0 Å². The number of fused-ring (bicyclic) bond motifs is 1. The third kappa shape index (κ3) is 2.91. The van der Waals surface area contributed by atoms with Crippen molar-refractivity contribution in [2.75, 3.05) is 6.54 Å². The fraction of sp³-hybridized carbons (Fsp3) is 0.438. The molecular formula is C16H19ClN2O3S. The molecule has 0 bridgehead atoms. The Hall–Kier alpha value is -1.37. The van der Waals surface area contributed by atoms with E-state index in [0.29, 0.717) is 35.1 Å². The Morgan fingerprint density at radius 3 is 2.78 bits per heavy atom. The molecule has 2 aromatic rings. The van der Waals surface area contributed by atoms with E-state index in [1.165, 1.54) is 4.31 Å². The summed E-state index contributed by atoms with van der Waals surface area (Å²) in [5, 5.41) is 0.451. The lowest BCUT2D eigenvalue weighted by Crippen LogP contribution is -2.36. The molecule has 3 rings (SSSR count). The van der Waals surface area contributed by atoms with Crippen molar-refractivity contribution in [3.05, 3.63) is 46.1 Å². The van der Waals surface area contributed by atoms with Crippen molar-refractivity contribution in [2.24, 2.45) is 0 Å². The minimum atomic E-state index is -3.60. The van der Waals surface area contributed by atoms with Crippen LogP contribution in [0.2, 0.25) is 5.02 Å². The fourth-order valence-electron chi connectivity index (χ4n) is 2.65. The van der Waals surface area contributed by atoms with Gasteiger partial charge >= 0.3 is 0 Å². The summed E-state index contributed by atoms with van der Waals surface area (Å²) in [6.07, 6.45) is 0.536. The molecular weight excluding hydrogens is 336 g/mol. The first kappa shape index (κ1) is 16.5. The minimum Gasteiger partial charge on any atom is -0.445 e. The molecule has 0 unspecified atom stereocenters. The molecule has 0 aliphatic carbocycles. The fourth-order valence-corrected chi connectivity index (χ4v) is 4.53. The summed E-state index contributed by atoms with van der Waals surface area (Å²) in [6, 6.07) is 4.94. The minimum absolute atomic E-state index is 0.181. The van der Waals surface area contributed by atoms with Crippen LogP contribution < -0.4 is 0 Å². The van der Waals surface area contributed by atoms with Gasteiger partial charge in [-0.05, 0) is 24.6 Å². The van der Waals surface area contributed by atoms with Crippen LogP contribution in [0.5, 0.6) is 0 Å². The molecule has 0 N–H and O–H groups in total. The van der Waals surface area contributed by atoms with Gasteiger partial charge in [0.15, 0.2) is 5.89 Å². The van der Waals surface area contributed by atoms with Gasteiger partial charge in [-0.2, -0.15) is 4.31 Å². The molecule has 1 aliphatic heterocycles. The average molecular weight is 355 g/mol. The Bertz CT molecular complexity index is 843. The van der Waals surface area contributed by atoms with Crippen LogP contribution in [0.15, 0.2) is 27.5 Å². The first-order valence-corrected chi connectivity index (χ1v) is 9.36. The van der Waals surface area contributed by atoms with Gasteiger partial charge in [0.1, 0.15) is 5.76 Å². The maximum atomic E-state index is 12.9. The molecule has 1 aromatic heterocycles. The number of halogens is 1. The molecule has 2 heterocycles. The Kier molecular flexibility index (Phi) is 4.25. The van der Waals surface area contributed by atoms with Crippen molar-refractivity contribution < 1.29 is 12.8 Å². The van der Waals surface area contributed by atoms with E-state index in [-0.39, 0.29) is 17.4 Å². The third-order valence-corrected chi connectivity index (χ3v) is 6.44. The summed E-state index contributed by atoms with van der Waals surface area (Å²) < 4.78 is 33.0. The van der Waals surface area contributed by atoms with Crippen LogP contribution in [0, 0.1) is 6.92 Å². The molecule has 1 aliphatic rings. The number of rotatable bonds is 3. The lowest BCUT2D eigenvalue weighted by molar-refractivity contribution is 0.354. The monoisotopic (exact) mass is 354 g/mol. The number of benzene rings is 1. The van der Waals surface area contributed by atoms with Crippen molar-refractivity contribution in [3.8, 4) is 0 Å². The predicted molar refractivity (Wildman–Crippen MR) is 88.1 cm³/mol. The molecule has 0 radical (unpaired) electrons. The second-order valence-corrected chi connectivity index (χ2v) is 8.34. The molecule has 7 heteroatoms. The molecule has 0 saturated heterocycles. The Morgan fingerprint density at radius 1 is 1.35 bits per heavy atom. The van der Waals surface area contributed by atoms with E-state index >= 15 is 0 Å². The Morgan fingerprint density at radius 2 is 2.09 bits per heavy atom. The van der Waals surface area contributed by atoms with Crippen molar-refractivity contribution in [1.29, 1.82) is 0 Å². The summed E-state index contributed by atoms with van der Waals surface area (Å²) in [4.78, 5) is 4.70. The van der Waals surface area contributed by atoms with Crippen LogP contribution >= 0.6 is 11.6 Å². The smallest absolute Gasteiger partial charge is 0.243 e. The van der Waals surface area contributed by atoms with E-state index in [0.717, 1.165) is 5.76 Å². The van der Waals surface area contributed by atoms with E-state index in [9.17, 15) is 8.42 Å². The Balaban J connectivity index is 1.94. The summed E-state index contributed by atoms with van der Waals surface area (Å²) in [5.74, 6) is 1.64. The standard InChI is InChI=1S/C16H19ClN2O3S/c1-10(2)16-18-13-9-19(8-7-14(13)22-16)23(20,21)15-6-4-5-12(17)11(15)3/h4-6,10H,7-9H2,1-3H3. The molecule has 1 aromatic carbocycles. The molecule has 0 spiro atoms. The van der Waals surface area contributed by atoms with Gasteiger partial charge in [-0.1, -0.05) is 31.5 Å². The van der Waals surface area contributed by atoms with Crippen molar-refractivity contribution in [1.82, 2.24) is 9.29 Å². The highest BCUT2D eigenvalue weighted by atomic mass is 35.5. The topological polar surface area (TPSA) is 63.4 Å². The second-order valence-electron chi connectivity index (χ2n) is 6.03. The normalized spacial score (nSPS) is 15.9. The lowest BCUT2D eigenvalue weighted by Gasteiger charge is -2.25. The average Bonchev–Trinajstić information content (AvgIpc) is 2.93. The summed E-state index contributed by atoms with van der Waals surface area (Å²) >= 11 is 6.07. The third-order valence-electron chi connectivity index (χ3n) is 4.04. The molecule has 0 fully saturated rings. The van der Waals surface area contributed by atoms with Crippen LogP contribution in [-0.4, -0.2) is 24.3 Å². The summed E-state index contributed by atoms with van der Waals surface area (Å²) in [7, 11) is -3.60. The van der Waals surface area contributed by atoms with E-state index in [1.807, 2.05) is 13.8 Å². The van der Waals surface area contributed by atoms with Gasteiger partial charge in [0, 0.05) is 23.9 Å². The van der Waals surface area contributed by atoms with Gasteiger partial charge in [0.05, 0.1) is 17.1 Å². The molecule has 5 nitrogen and oxygen atoms in total. The van der Waals surface area contributed by atoms with Crippen molar-refractivity contribution >= 4 is 21.6 Å². The quantitative estimate of drug-likeness (QED) is 0.846. The molecule has 124 valence electrons. The molecule has 23 heavy (non-hydrogen) atoms. The maximum Gasteiger partial charge on any atom is 0.243 e. The van der Waals surface area contributed by atoms with Gasteiger partial charge in [0.2, 0.25) is 10.0 Å². The van der Waals surface area contributed by atoms with Crippen molar-refractivity contribution in [3.63, 3.8) is 0 Å². The first-order valence-electron chi connectivity index (χ1n) is 7.54. The lowest BCUT2D eigenvalue weighted by atomic mass is 10.2. The zero-order chi connectivity index (χ0) is 16.8. The highest BCUT2D eigenvalue weighted by molar-refractivity contribution is 7.89. The largest absolute Gasteiger partial charge is 0.445 e. The zero-order valence-electron chi connectivity index (χ0n) is 13.3. The van der Waals surface area contributed by atoms with Gasteiger partial charge in [-0.15, -0.1) is 0 Å². The SMILES string of the molecule is Cc1c(Cl)cccc1S(=O)(=O)N1CCc2oc(C(C)C)nc2C1. The van der Waals surface area contributed by atoms with Crippen LogP contribution in [0.25, 0.3) is 0 Å². The Labute approximate surface area is 141 Å². The van der Waals surface area contributed by atoms with Gasteiger partial charge in [-0.25, -0.2) is 13.4 Å². The van der Waals surface area contributed by atoms with Crippen LogP contribution in [0.1, 0.15) is 42.7 Å². The summed E-state index contributed by atoms with van der Waals surface area (Å²) in [5.41, 5.74) is 1.28. The first-order chi connectivity index (χ1) is 10.8. The van der Waals surface area contributed by atoms with E-state index in [4.69, 9.17) is 16.0 Å². The highest BCUT2D eigenvalue weighted by Crippen LogP contribution is 2.30. The van der Waals surface area contributed by atoms with Gasteiger partial charge < -0.3 is 4.42 Å². The van der Waals surface area contributed by atoms with Crippen LogP contribution in [-0.2, 0) is 23.0 Å². The number of aromatic nitrogens is 1. The van der Waals surface area contributed by atoms with E-state index < -0.39 is 10.0 Å². The highest BCUT2D eigenvalue weighted by Gasteiger charge is 2.32. The molecule has 0 amide bonds. The molecule has 0 saturated carbocycles. The maximum absolute atomic E-state index is 12.9. The van der Waals surface area contributed by atoms with E-state index in [1.54, 1.807) is 25.1 Å². The molecule has 0 atom stereocenters. The van der Waals surface area contributed by atoms with Crippen LogP contribution in [0.4, 0.5) is 0 Å². The van der Waals surface area contributed by atoms with Gasteiger partial charge in [-0.3, -0.25) is 0 Å². The van der Waals surface area contributed by atoms with E-state index in [2.05, 4.69) is 4.98 Å². The van der Waals surface area contributed by atoms with Crippen LogP contribution in [0.3, 0.4) is 0 Å².